The maximum atomic E-state index is 12.1. The number of carbonyl (C=O) groups excluding carboxylic acids is 1. The molecule has 2 aliphatic rings. The standard InChI is InChI=1S/C11H20N2O/c1-13-6-4-10(8-13)11(14)9-3-2-5-12-7-9/h9-10,12H,2-8H2,1H3. The first-order valence-electron chi connectivity index (χ1n) is 5.70. The Balaban J connectivity index is 1.87. The lowest BCUT2D eigenvalue weighted by molar-refractivity contribution is -0.126. The van der Waals surface area contributed by atoms with Crippen LogP contribution in [0.15, 0.2) is 0 Å². The molecule has 0 aromatic heterocycles. The lowest BCUT2D eigenvalue weighted by Gasteiger charge is -2.24. The SMILES string of the molecule is CN1CCC(C(=O)C2CCCNC2)C1. The van der Waals surface area contributed by atoms with Gasteiger partial charge < -0.3 is 10.2 Å². The zero-order valence-corrected chi connectivity index (χ0v) is 8.96. The number of piperidine rings is 1. The van der Waals surface area contributed by atoms with Crippen molar-refractivity contribution in [2.24, 2.45) is 11.8 Å². The summed E-state index contributed by atoms with van der Waals surface area (Å²) in [4.78, 5) is 14.3. The van der Waals surface area contributed by atoms with Crippen LogP contribution in [0.5, 0.6) is 0 Å². The molecular weight excluding hydrogens is 176 g/mol. The zero-order valence-electron chi connectivity index (χ0n) is 8.96. The van der Waals surface area contributed by atoms with E-state index in [2.05, 4.69) is 17.3 Å². The molecule has 14 heavy (non-hydrogen) atoms. The van der Waals surface area contributed by atoms with E-state index in [1.807, 2.05) is 0 Å². The van der Waals surface area contributed by atoms with Crippen LogP contribution in [-0.2, 0) is 4.79 Å². The summed E-state index contributed by atoms with van der Waals surface area (Å²) >= 11 is 0. The molecule has 0 bridgehead atoms. The molecule has 2 fully saturated rings. The summed E-state index contributed by atoms with van der Waals surface area (Å²) in [6.07, 6.45) is 3.34. The molecule has 0 spiro atoms. The van der Waals surface area contributed by atoms with E-state index in [0.29, 0.717) is 17.6 Å². The molecule has 2 saturated heterocycles. The maximum absolute atomic E-state index is 12.1. The van der Waals surface area contributed by atoms with E-state index in [4.69, 9.17) is 0 Å². The van der Waals surface area contributed by atoms with Crippen molar-refractivity contribution in [3.63, 3.8) is 0 Å². The number of likely N-dealkylation sites (tertiary alicyclic amines) is 1. The molecule has 0 radical (unpaired) electrons. The van der Waals surface area contributed by atoms with Gasteiger partial charge in [-0.2, -0.15) is 0 Å². The second kappa shape index (κ2) is 4.41. The van der Waals surface area contributed by atoms with Crippen molar-refractivity contribution >= 4 is 5.78 Å². The Hall–Kier alpha value is -0.410. The van der Waals surface area contributed by atoms with Crippen LogP contribution in [0.1, 0.15) is 19.3 Å². The minimum absolute atomic E-state index is 0.306. The molecule has 0 aromatic carbocycles. The Labute approximate surface area is 85.8 Å². The largest absolute Gasteiger partial charge is 0.316 e. The Morgan fingerprint density at radius 3 is 2.79 bits per heavy atom. The molecule has 2 rings (SSSR count). The lowest BCUT2D eigenvalue weighted by Crippen LogP contribution is -2.37. The molecule has 3 nitrogen and oxygen atoms in total. The molecular formula is C11H20N2O. The second-order valence-electron chi connectivity index (χ2n) is 4.69. The van der Waals surface area contributed by atoms with Crippen molar-refractivity contribution in [2.45, 2.75) is 19.3 Å². The van der Waals surface area contributed by atoms with Gasteiger partial charge in [0, 0.05) is 24.9 Å². The summed E-state index contributed by atoms with van der Waals surface area (Å²) < 4.78 is 0. The minimum atomic E-state index is 0.306. The van der Waals surface area contributed by atoms with Gasteiger partial charge in [-0.05, 0) is 39.4 Å². The predicted octanol–water partition coefficient (Wildman–Crippen LogP) is 0.507. The van der Waals surface area contributed by atoms with Crippen molar-refractivity contribution in [1.82, 2.24) is 10.2 Å². The van der Waals surface area contributed by atoms with E-state index < -0.39 is 0 Å². The van der Waals surface area contributed by atoms with Crippen molar-refractivity contribution in [2.75, 3.05) is 33.2 Å². The maximum Gasteiger partial charge on any atom is 0.141 e. The number of nitrogens with zero attached hydrogens (tertiary/aromatic N) is 1. The first-order chi connectivity index (χ1) is 6.77. The number of hydrogen-bond acceptors (Lipinski definition) is 3. The van der Waals surface area contributed by atoms with Crippen LogP contribution in [0, 0.1) is 11.8 Å². The quantitative estimate of drug-likeness (QED) is 0.698. The topological polar surface area (TPSA) is 32.3 Å². The van der Waals surface area contributed by atoms with Crippen LogP contribution in [-0.4, -0.2) is 43.9 Å². The van der Waals surface area contributed by atoms with E-state index in [-0.39, 0.29) is 0 Å². The summed E-state index contributed by atoms with van der Waals surface area (Å²) in [6, 6.07) is 0. The lowest BCUT2D eigenvalue weighted by atomic mass is 9.87. The van der Waals surface area contributed by atoms with Crippen LogP contribution in [0.25, 0.3) is 0 Å². The first kappa shape index (κ1) is 10.1. The van der Waals surface area contributed by atoms with Crippen molar-refractivity contribution in [3.05, 3.63) is 0 Å². The fourth-order valence-corrected chi connectivity index (χ4v) is 2.60. The van der Waals surface area contributed by atoms with Gasteiger partial charge in [-0.15, -0.1) is 0 Å². The molecule has 0 aromatic rings. The van der Waals surface area contributed by atoms with E-state index in [1.165, 1.54) is 6.42 Å². The number of ketones is 1. The van der Waals surface area contributed by atoms with Crippen molar-refractivity contribution < 1.29 is 4.79 Å². The third-order valence-corrected chi connectivity index (χ3v) is 3.49. The summed E-state index contributed by atoms with van der Waals surface area (Å²) in [5, 5.41) is 3.32. The molecule has 3 heteroatoms. The normalized spacial score (nSPS) is 34.6. The summed E-state index contributed by atoms with van der Waals surface area (Å²) in [6.45, 7) is 4.08. The Morgan fingerprint density at radius 2 is 2.21 bits per heavy atom. The van der Waals surface area contributed by atoms with Crippen molar-refractivity contribution in [1.29, 1.82) is 0 Å². The third-order valence-electron chi connectivity index (χ3n) is 3.49. The highest BCUT2D eigenvalue weighted by Crippen LogP contribution is 2.22. The number of Topliss-reactive ketones (excluding diaryl/α,β-unsaturated/α-hetero) is 1. The number of carbonyl (C=O) groups is 1. The first-order valence-corrected chi connectivity index (χ1v) is 5.70. The number of nitrogens with one attached hydrogen (secondary N) is 1. The van der Waals surface area contributed by atoms with Gasteiger partial charge in [-0.1, -0.05) is 0 Å². The average molecular weight is 196 g/mol. The van der Waals surface area contributed by atoms with Crippen LogP contribution in [0.3, 0.4) is 0 Å². The van der Waals surface area contributed by atoms with Crippen LogP contribution in [0.2, 0.25) is 0 Å². The highest BCUT2D eigenvalue weighted by molar-refractivity contribution is 5.84. The Bertz CT molecular complexity index is 205. The van der Waals surface area contributed by atoms with E-state index in [0.717, 1.165) is 39.0 Å². The smallest absolute Gasteiger partial charge is 0.141 e. The summed E-state index contributed by atoms with van der Waals surface area (Å²) in [5.74, 6) is 1.15. The van der Waals surface area contributed by atoms with Gasteiger partial charge in [0.2, 0.25) is 0 Å². The summed E-state index contributed by atoms with van der Waals surface area (Å²) in [5.41, 5.74) is 0. The van der Waals surface area contributed by atoms with Gasteiger partial charge in [0.25, 0.3) is 0 Å². The predicted molar refractivity (Wildman–Crippen MR) is 56.2 cm³/mol. The molecule has 1 N–H and O–H groups in total. The van der Waals surface area contributed by atoms with Crippen molar-refractivity contribution in [3.8, 4) is 0 Å². The van der Waals surface area contributed by atoms with Gasteiger partial charge in [0.1, 0.15) is 5.78 Å². The number of hydrogen-bond donors (Lipinski definition) is 1. The Kier molecular flexibility index (Phi) is 3.19. The van der Waals surface area contributed by atoms with Gasteiger partial charge >= 0.3 is 0 Å². The van der Waals surface area contributed by atoms with Crippen LogP contribution < -0.4 is 5.32 Å². The van der Waals surface area contributed by atoms with Gasteiger partial charge in [0.05, 0.1) is 0 Å². The molecule has 0 saturated carbocycles. The summed E-state index contributed by atoms with van der Waals surface area (Å²) in [7, 11) is 2.10. The molecule has 2 aliphatic heterocycles. The van der Waals surface area contributed by atoms with Gasteiger partial charge in [0.15, 0.2) is 0 Å². The molecule has 2 atom stereocenters. The zero-order chi connectivity index (χ0) is 9.97. The Morgan fingerprint density at radius 1 is 1.36 bits per heavy atom. The molecule has 80 valence electrons. The van der Waals surface area contributed by atoms with E-state index in [1.54, 1.807) is 0 Å². The van der Waals surface area contributed by atoms with Gasteiger partial charge in [-0.25, -0.2) is 0 Å². The monoisotopic (exact) mass is 196 g/mol. The van der Waals surface area contributed by atoms with E-state index in [9.17, 15) is 4.79 Å². The second-order valence-corrected chi connectivity index (χ2v) is 4.69. The number of rotatable bonds is 2. The highest BCUT2D eigenvalue weighted by Gasteiger charge is 2.31. The molecule has 0 amide bonds. The molecule has 2 heterocycles. The van der Waals surface area contributed by atoms with E-state index >= 15 is 0 Å². The fraction of sp³-hybridized carbons (Fsp3) is 0.909. The molecule has 0 aliphatic carbocycles. The van der Waals surface area contributed by atoms with Crippen LogP contribution in [0.4, 0.5) is 0 Å². The fourth-order valence-electron chi connectivity index (χ4n) is 2.60. The van der Waals surface area contributed by atoms with Gasteiger partial charge in [-0.3, -0.25) is 4.79 Å². The minimum Gasteiger partial charge on any atom is -0.316 e. The highest BCUT2D eigenvalue weighted by atomic mass is 16.1. The third kappa shape index (κ3) is 2.15. The molecule has 2 unspecified atom stereocenters. The average Bonchev–Trinajstić information content (AvgIpc) is 2.65. The van der Waals surface area contributed by atoms with Crippen LogP contribution >= 0.6 is 0 Å².